The van der Waals surface area contributed by atoms with E-state index in [9.17, 15) is 14.0 Å². The van der Waals surface area contributed by atoms with Gasteiger partial charge in [0.2, 0.25) is 0 Å². The van der Waals surface area contributed by atoms with Crippen LogP contribution in [0.2, 0.25) is 0 Å². The molecule has 4 aromatic rings. The summed E-state index contributed by atoms with van der Waals surface area (Å²) < 4.78 is 29.2. The molecule has 184 valence electrons. The highest BCUT2D eigenvalue weighted by Gasteiger charge is 2.24. The number of halogens is 1. The first-order chi connectivity index (χ1) is 17.5. The number of aromatic nitrogens is 2. The molecule has 0 aliphatic carbocycles. The molecule has 4 rings (SSSR count). The van der Waals surface area contributed by atoms with E-state index in [1.165, 1.54) is 26.4 Å². The Bertz CT molecular complexity index is 1380. The molecular formula is C27H24FN3O5. The molecule has 1 amide bonds. The van der Waals surface area contributed by atoms with Gasteiger partial charge in [-0.15, -0.1) is 0 Å². The van der Waals surface area contributed by atoms with E-state index in [0.29, 0.717) is 17.3 Å². The minimum absolute atomic E-state index is 0.118. The topological polar surface area (TPSA) is 99.6 Å². The van der Waals surface area contributed by atoms with Crippen molar-refractivity contribution in [3.63, 3.8) is 0 Å². The Balaban J connectivity index is 1.81. The number of amides is 1. The van der Waals surface area contributed by atoms with E-state index in [2.05, 4.69) is 15.3 Å². The number of carbonyl (C=O) groups excluding carboxylic acids is 2. The van der Waals surface area contributed by atoms with E-state index < -0.39 is 11.9 Å². The van der Waals surface area contributed by atoms with Gasteiger partial charge in [0.1, 0.15) is 30.4 Å². The third-order valence-corrected chi connectivity index (χ3v) is 5.31. The van der Waals surface area contributed by atoms with E-state index >= 15 is 0 Å². The van der Waals surface area contributed by atoms with Crippen molar-refractivity contribution in [1.82, 2.24) is 9.97 Å². The van der Waals surface area contributed by atoms with Crippen LogP contribution in [0, 0.1) is 5.82 Å². The van der Waals surface area contributed by atoms with Crippen molar-refractivity contribution < 1.29 is 28.2 Å². The van der Waals surface area contributed by atoms with Crippen molar-refractivity contribution >= 4 is 28.6 Å². The molecule has 0 aliphatic heterocycles. The first kappa shape index (κ1) is 24.7. The van der Waals surface area contributed by atoms with Crippen molar-refractivity contribution in [3.05, 3.63) is 95.1 Å². The van der Waals surface area contributed by atoms with Gasteiger partial charge in [0.25, 0.3) is 5.91 Å². The first-order valence-electron chi connectivity index (χ1n) is 11.1. The van der Waals surface area contributed by atoms with Gasteiger partial charge in [-0.25, -0.2) is 14.2 Å². The number of esters is 1. The van der Waals surface area contributed by atoms with Gasteiger partial charge in [-0.3, -0.25) is 9.78 Å². The van der Waals surface area contributed by atoms with Gasteiger partial charge in [-0.2, -0.15) is 0 Å². The van der Waals surface area contributed by atoms with Crippen molar-refractivity contribution in [2.75, 3.05) is 26.1 Å². The summed E-state index contributed by atoms with van der Waals surface area (Å²) in [6.45, 7) is -0.0400. The van der Waals surface area contributed by atoms with Gasteiger partial charge < -0.3 is 19.5 Å². The summed E-state index contributed by atoms with van der Waals surface area (Å²) in [4.78, 5) is 33.9. The average Bonchev–Trinajstić information content (AvgIpc) is 2.89. The van der Waals surface area contributed by atoms with E-state index in [-0.39, 0.29) is 36.3 Å². The summed E-state index contributed by atoms with van der Waals surface area (Å²) in [6.07, 6.45) is 2.11. The molecule has 0 fully saturated rings. The van der Waals surface area contributed by atoms with Crippen LogP contribution in [0.5, 0.6) is 5.75 Å². The van der Waals surface area contributed by atoms with Gasteiger partial charge >= 0.3 is 5.97 Å². The zero-order valence-electron chi connectivity index (χ0n) is 19.8. The number of rotatable bonds is 9. The maximum absolute atomic E-state index is 13.3. The second-order valence-electron chi connectivity index (χ2n) is 7.93. The SMILES string of the molecule is COCC(=O)Nc1nc(C(=O)OC)c(OCc2ccccc2)c2ncc(Cc3ccc(F)cc3)cc12. The van der Waals surface area contributed by atoms with Crippen molar-refractivity contribution in [1.29, 1.82) is 0 Å². The monoisotopic (exact) mass is 489 g/mol. The molecule has 2 aromatic heterocycles. The predicted molar refractivity (Wildman–Crippen MR) is 131 cm³/mol. The number of methoxy groups -OCH3 is 2. The van der Waals surface area contributed by atoms with Crippen molar-refractivity contribution in [2.24, 2.45) is 0 Å². The van der Waals surface area contributed by atoms with Gasteiger partial charge in [0, 0.05) is 18.7 Å². The molecule has 0 bridgehead atoms. The molecule has 8 nitrogen and oxygen atoms in total. The van der Waals surface area contributed by atoms with Crippen LogP contribution < -0.4 is 10.1 Å². The number of hydrogen-bond acceptors (Lipinski definition) is 7. The number of benzene rings is 2. The number of ether oxygens (including phenoxy) is 3. The van der Waals surface area contributed by atoms with Crippen LogP contribution in [0.4, 0.5) is 10.2 Å². The molecule has 0 saturated carbocycles. The Morgan fingerprint density at radius 3 is 2.42 bits per heavy atom. The Morgan fingerprint density at radius 1 is 0.972 bits per heavy atom. The van der Waals surface area contributed by atoms with Gasteiger partial charge in [0.15, 0.2) is 11.4 Å². The minimum Gasteiger partial charge on any atom is -0.484 e. The lowest BCUT2D eigenvalue weighted by molar-refractivity contribution is -0.119. The number of nitrogens with one attached hydrogen (secondary N) is 1. The summed E-state index contributed by atoms with van der Waals surface area (Å²) in [5.41, 5.74) is 2.76. The highest BCUT2D eigenvalue weighted by Crippen LogP contribution is 2.34. The minimum atomic E-state index is -0.737. The molecule has 9 heteroatoms. The predicted octanol–water partition coefficient (Wildman–Crippen LogP) is 4.31. The molecule has 0 unspecified atom stereocenters. The molecule has 36 heavy (non-hydrogen) atoms. The lowest BCUT2D eigenvalue weighted by Crippen LogP contribution is -2.20. The number of anilines is 1. The van der Waals surface area contributed by atoms with Crippen molar-refractivity contribution in [2.45, 2.75) is 13.0 Å². The van der Waals surface area contributed by atoms with E-state index in [1.54, 1.807) is 24.4 Å². The van der Waals surface area contributed by atoms with Crippen LogP contribution in [0.3, 0.4) is 0 Å². The Hall–Kier alpha value is -4.37. The zero-order chi connectivity index (χ0) is 25.5. The van der Waals surface area contributed by atoms with E-state index in [0.717, 1.165) is 16.7 Å². The van der Waals surface area contributed by atoms with Crippen LogP contribution in [0.25, 0.3) is 10.9 Å². The summed E-state index contributed by atoms with van der Waals surface area (Å²) in [5, 5.41) is 3.14. The second kappa shape index (κ2) is 11.4. The molecular weight excluding hydrogens is 465 g/mol. The largest absolute Gasteiger partial charge is 0.484 e. The molecule has 1 N–H and O–H groups in total. The van der Waals surface area contributed by atoms with Crippen molar-refractivity contribution in [3.8, 4) is 5.75 Å². The second-order valence-corrected chi connectivity index (χ2v) is 7.93. The standard InChI is InChI=1S/C27H24FN3O5/c1-34-16-22(32)30-26-21-13-19(12-17-8-10-20(28)11-9-17)14-29-23(21)25(24(31-26)27(33)35-2)36-15-18-6-4-3-5-7-18/h3-11,13-14H,12,15-16H2,1-2H3,(H,30,31,32). The van der Waals surface area contributed by atoms with Crippen LogP contribution in [-0.4, -0.2) is 42.7 Å². The Kier molecular flexibility index (Phi) is 7.82. The molecule has 0 saturated heterocycles. The quantitative estimate of drug-likeness (QED) is 0.350. The van der Waals surface area contributed by atoms with Gasteiger partial charge in [-0.05, 0) is 41.3 Å². The summed E-state index contributed by atoms with van der Waals surface area (Å²) in [7, 11) is 2.63. The zero-order valence-corrected chi connectivity index (χ0v) is 19.8. The molecule has 0 radical (unpaired) electrons. The van der Waals surface area contributed by atoms with Gasteiger partial charge in [-0.1, -0.05) is 42.5 Å². The highest BCUT2D eigenvalue weighted by molar-refractivity contribution is 6.06. The first-order valence-corrected chi connectivity index (χ1v) is 11.1. The summed E-state index contributed by atoms with van der Waals surface area (Å²) >= 11 is 0. The molecule has 2 heterocycles. The summed E-state index contributed by atoms with van der Waals surface area (Å²) in [6, 6.07) is 17.4. The lowest BCUT2D eigenvalue weighted by atomic mass is 10.0. The number of fused-ring (bicyclic) bond motifs is 1. The number of hydrogen-bond donors (Lipinski definition) is 1. The number of nitrogens with zero attached hydrogens (tertiary/aromatic N) is 2. The normalized spacial score (nSPS) is 10.8. The number of carbonyl (C=O) groups is 2. The highest BCUT2D eigenvalue weighted by atomic mass is 19.1. The third-order valence-electron chi connectivity index (χ3n) is 5.31. The average molecular weight is 490 g/mol. The Labute approximate surface area is 207 Å². The molecule has 2 aromatic carbocycles. The van der Waals surface area contributed by atoms with Crippen LogP contribution in [0.1, 0.15) is 27.2 Å². The maximum Gasteiger partial charge on any atom is 0.360 e. The number of pyridine rings is 2. The van der Waals surface area contributed by atoms with E-state index in [4.69, 9.17) is 14.2 Å². The molecule has 0 atom stereocenters. The summed E-state index contributed by atoms with van der Waals surface area (Å²) in [5.74, 6) is -1.26. The van der Waals surface area contributed by atoms with Crippen LogP contribution in [-0.2, 0) is 27.3 Å². The van der Waals surface area contributed by atoms with E-state index in [1.807, 2.05) is 30.3 Å². The fraction of sp³-hybridized carbons (Fsp3) is 0.185. The van der Waals surface area contributed by atoms with Crippen LogP contribution >= 0.6 is 0 Å². The van der Waals surface area contributed by atoms with Crippen LogP contribution in [0.15, 0.2) is 66.9 Å². The molecule has 0 spiro atoms. The fourth-order valence-corrected chi connectivity index (χ4v) is 3.64. The fourth-order valence-electron chi connectivity index (χ4n) is 3.64. The van der Waals surface area contributed by atoms with Gasteiger partial charge in [0.05, 0.1) is 7.11 Å². The molecule has 0 aliphatic rings. The Morgan fingerprint density at radius 2 is 1.72 bits per heavy atom. The lowest BCUT2D eigenvalue weighted by Gasteiger charge is -2.16. The smallest absolute Gasteiger partial charge is 0.360 e. The third kappa shape index (κ3) is 5.81. The maximum atomic E-state index is 13.3.